The highest BCUT2D eigenvalue weighted by Crippen LogP contribution is 2.65. The van der Waals surface area contributed by atoms with Gasteiger partial charge < -0.3 is 9.29 Å². The Morgan fingerprint density at radius 2 is 1.05 bits per heavy atom. The first kappa shape index (κ1) is 46.6. The molecule has 6 aromatic rings. The predicted molar refractivity (Wildman–Crippen MR) is 242 cm³/mol. The molecular formula is C52H48F5O5S3+. The van der Waals surface area contributed by atoms with Gasteiger partial charge in [-0.2, -0.15) is 22.0 Å². The van der Waals surface area contributed by atoms with Gasteiger partial charge in [-0.3, -0.25) is 4.79 Å². The zero-order chi connectivity index (χ0) is 46.0. The van der Waals surface area contributed by atoms with Crippen molar-refractivity contribution in [2.75, 3.05) is 0 Å². The minimum Gasteiger partial charge on any atom is -0.743 e. The van der Waals surface area contributed by atoms with Crippen LogP contribution in [0.25, 0.3) is 0 Å². The molecule has 65 heavy (non-hydrogen) atoms. The van der Waals surface area contributed by atoms with Gasteiger partial charge in [-0.15, -0.1) is 0 Å². The molecule has 338 valence electrons. The summed E-state index contributed by atoms with van der Waals surface area (Å²) in [6.45, 7) is 1.91. The molecule has 0 saturated heterocycles. The first-order chi connectivity index (χ1) is 31.0. The van der Waals surface area contributed by atoms with Gasteiger partial charge in [-0.25, -0.2) is 8.42 Å². The molecule has 0 amide bonds. The van der Waals surface area contributed by atoms with E-state index in [-0.39, 0.29) is 58.3 Å². The number of esters is 1. The third-order valence-electron chi connectivity index (χ3n) is 12.6. The monoisotopic (exact) mass is 943 g/mol. The van der Waals surface area contributed by atoms with Crippen LogP contribution in [0, 0.1) is 22.7 Å². The Morgan fingerprint density at radius 3 is 1.45 bits per heavy atom. The maximum absolute atomic E-state index is 13.6. The number of alkyl halides is 5. The lowest BCUT2D eigenvalue weighted by molar-refractivity contribution is -0.267. The van der Waals surface area contributed by atoms with Crippen molar-refractivity contribution in [3.63, 3.8) is 0 Å². The van der Waals surface area contributed by atoms with Crippen LogP contribution in [0.4, 0.5) is 22.0 Å². The van der Waals surface area contributed by atoms with Crippen LogP contribution in [-0.4, -0.2) is 36.5 Å². The van der Waals surface area contributed by atoms with Crippen LogP contribution < -0.4 is 0 Å². The van der Waals surface area contributed by atoms with Crippen molar-refractivity contribution in [3.05, 3.63) is 181 Å². The number of carbonyl (C=O) groups is 1. The molecule has 4 aliphatic carbocycles. The summed E-state index contributed by atoms with van der Waals surface area (Å²) in [6.07, 6.45) is -6.02. The Hall–Kier alpha value is -4.95. The van der Waals surface area contributed by atoms with Crippen molar-refractivity contribution in [2.24, 2.45) is 22.7 Å². The van der Waals surface area contributed by atoms with Crippen LogP contribution in [0.2, 0.25) is 0 Å². The smallest absolute Gasteiger partial charge is 0.432 e. The van der Waals surface area contributed by atoms with E-state index in [0.29, 0.717) is 0 Å². The van der Waals surface area contributed by atoms with E-state index in [2.05, 4.69) is 175 Å². The number of halogens is 5. The first-order valence-corrected chi connectivity index (χ1v) is 25.3. The van der Waals surface area contributed by atoms with E-state index < -0.39 is 39.0 Å². The molecule has 3 unspecified atom stereocenters. The molecule has 13 heteroatoms. The SMILES string of the molecule is CC12CC3CC(C1)CC(C(=O)OC(C(F)(F)F)C(F)(F)S(=O)(=O)[O-])(C3)C2.c1ccc([S+](c2ccccc2)c2ccccc2)cc1.c1ccc([S+]2c3ccccc3Cc3ccccc32)cc1. The van der Waals surface area contributed by atoms with Crippen molar-refractivity contribution in [3.8, 4) is 0 Å². The maximum Gasteiger partial charge on any atom is 0.432 e. The number of ether oxygens (including phenoxy) is 1. The molecule has 0 N–H and O–H groups in total. The number of benzene rings is 6. The lowest BCUT2D eigenvalue weighted by atomic mass is 9.44. The van der Waals surface area contributed by atoms with Gasteiger partial charge in [0.15, 0.2) is 39.5 Å². The Morgan fingerprint density at radius 1 is 0.646 bits per heavy atom. The number of rotatable bonds is 8. The van der Waals surface area contributed by atoms with Crippen molar-refractivity contribution in [1.82, 2.24) is 0 Å². The minimum absolute atomic E-state index is 0.0146. The predicted octanol–water partition coefficient (Wildman–Crippen LogP) is 12.7. The second-order valence-corrected chi connectivity index (χ2v) is 23.1. The molecule has 5 nitrogen and oxygen atoms in total. The van der Waals surface area contributed by atoms with Crippen LogP contribution in [0.3, 0.4) is 0 Å². The van der Waals surface area contributed by atoms with E-state index in [0.717, 1.165) is 25.7 Å². The third kappa shape index (κ3) is 10.1. The Bertz CT molecular complexity index is 2530. The number of hydrogen-bond acceptors (Lipinski definition) is 5. The maximum atomic E-state index is 13.6. The van der Waals surface area contributed by atoms with Gasteiger partial charge in [0, 0.05) is 17.5 Å². The van der Waals surface area contributed by atoms with Crippen LogP contribution in [-0.2, 0) is 47.9 Å². The molecule has 3 atom stereocenters. The zero-order valence-electron chi connectivity index (χ0n) is 35.5. The van der Waals surface area contributed by atoms with Crippen molar-refractivity contribution in [1.29, 1.82) is 0 Å². The minimum atomic E-state index is -6.68. The first-order valence-electron chi connectivity index (χ1n) is 21.4. The van der Waals surface area contributed by atoms with Crippen LogP contribution in [0.15, 0.2) is 199 Å². The number of carbonyl (C=O) groups excluding carboxylic acids is 1. The fraction of sp³-hybridized carbons (Fsp3) is 0.288. The van der Waals surface area contributed by atoms with E-state index in [1.54, 1.807) is 0 Å². The molecular weight excluding hydrogens is 896 g/mol. The molecule has 1 aliphatic heterocycles. The second kappa shape index (κ2) is 18.7. The largest absolute Gasteiger partial charge is 0.743 e. The summed E-state index contributed by atoms with van der Waals surface area (Å²) in [6, 6.07) is 60.8. The average molecular weight is 944 g/mol. The van der Waals surface area contributed by atoms with Crippen LogP contribution >= 0.6 is 0 Å². The van der Waals surface area contributed by atoms with E-state index >= 15 is 0 Å². The highest BCUT2D eigenvalue weighted by atomic mass is 32.2. The van der Waals surface area contributed by atoms with Crippen LogP contribution in [0.5, 0.6) is 0 Å². The van der Waals surface area contributed by atoms with Crippen molar-refractivity contribution in [2.45, 2.75) is 98.8 Å². The fourth-order valence-electron chi connectivity index (χ4n) is 10.6. The van der Waals surface area contributed by atoms with E-state index in [9.17, 15) is 39.7 Å². The highest BCUT2D eigenvalue weighted by molar-refractivity contribution is 7.97. The third-order valence-corrected chi connectivity index (χ3v) is 18.2. The molecule has 1 heterocycles. The van der Waals surface area contributed by atoms with Gasteiger partial charge in [0.1, 0.15) is 0 Å². The zero-order valence-corrected chi connectivity index (χ0v) is 38.0. The summed E-state index contributed by atoms with van der Waals surface area (Å²) < 4.78 is 102. The van der Waals surface area contributed by atoms with Crippen molar-refractivity contribution >= 4 is 37.9 Å². The number of fused-ring (bicyclic) bond motifs is 2. The summed E-state index contributed by atoms with van der Waals surface area (Å²) in [5, 5.41) is -5.80. The van der Waals surface area contributed by atoms with Gasteiger partial charge >= 0.3 is 17.4 Å². The molecule has 6 aromatic carbocycles. The van der Waals surface area contributed by atoms with Gasteiger partial charge in [-0.05, 0) is 116 Å². The van der Waals surface area contributed by atoms with Gasteiger partial charge in [0.05, 0.1) is 27.2 Å². The summed E-state index contributed by atoms with van der Waals surface area (Å²) in [4.78, 5) is 21.0. The standard InChI is InChI=1S/C19H15S.C18H15S.C15H19F5O5S/c1-2-10-17(11-3-1)20-18-12-6-4-8-15(18)14-16-9-5-7-13-19(16)20;1-4-10-16(11-5-1)19(17-12-6-2-7-13-17)18-14-8-3-9-15-18;1-12-3-8-2-9(4-12)6-13(5-8,7-12)11(21)25-10(14(16,17)18)15(19,20)26(22,23)24/h1-13H,14H2;1-15H;8-10H,2-7H2,1H3,(H,22,23,24)/q2*+1;/p-1. The molecule has 5 aliphatic rings. The van der Waals surface area contributed by atoms with Gasteiger partial charge in [0.25, 0.3) is 6.10 Å². The second-order valence-electron chi connectivity index (χ2n) is 17.7. The Labute approximate surface area is 382 Å². The van der Waals surface area contributed by atoms with Gasteiger partial charge in [0.2, 0.25) is 0 Å². The molecule has 4 bridgehead atoms. The number of hydrogen-bond donors (Lipinski definition) is 0. The van der Waals surface area contributed by atoms with E-state index in [1.165, 1.54) is 40.5 Å². The molecule has 4 saturated carbocycles. The average Bonchev–Trinajstić information content (AvgIpc) is 3.27. The van der Waals surface area contributed by atoms with E-state index in [1.807, 2.05) is 6.92 Å². The summed E-state index contributed by atoms with van der Waals surface area (Å²) >= 11 is 0. The van der Waals surface area contributed by atoms with Gasteiger partial charge in [-0.1, -0.05) is 116 Å². The Balaban J connectivity index is 0.000000135. The summed E-state index contributed by atoms with van der Waals surface area (Å²) in [5.74, 6) is -1.28. The normalized spacial score (nSPS) is 22.6. The molecule has 0 aromatic heterocycles. The summed E-state index contributed by atoms with van der Waals surface area (Å²) in [5.41, 5.74) is 1.34. The quantitative estimate of drug-likeness (QED) is 0.0656. The molecule has 11 rings (SSSR count). The molecule has 0 spiro atoms. The topological polar surface area (TPSA) is 83.5 Å². The summed E-state index contributed by atoms with van der Waals surface area (Å²) in [7, 11) is -6.65. The fourth-order valence-corrected chi connectivity index (χ4v) is 15.5. The molecule has 4 fully saturated rings. The lowest BCUT2D eigenvalue weighted by Crippen LogP contribution is -2.58. The van der Waals surface area contributed by atoms with Crippen molar-refractivity contribution < 1.29 is 44.5 Å². The highest BCUT2D eigenvalue weighted by Gasteiger charge is 2.66. The Kier molecular flexibility index (Phi) is 13.4. The van der Waals surface area contributed by atoms with Crippen LogP contribution in [0.1, 0.15) is 56.6 Å². The van der Waals surface area contributed by atoms with E-state index in [4.69, 9.17) is 0 Å². The molecule has 0 radical (unpaired) electrons. The lowest BCUT2D eigenvalue weighted by Gasteiger charge is -2.60.